The zero-order valence-electron chi connectivity index (χ0n) is 10.3. The first-order valence-corrected chi connectivity index (χ1v) is 6.24. The van der Waals surface area contributed by atoms with E-state index in [9.17, 15) is 0 Å². The summed E-state index contributed by atoms with van der Waals surface area (Å²) in [5.41, 5.74) is 1.34. The zero-order chi connectivity index (χ0) is 11.9. The summed E-state index contributed by atoms with van der Waals surface area (Å²) >= 11 is 0. The van der Waals surface area contributed by atoms with Crippen molar-refractivity contribution in [3.05, 3.63) is 29.8 Å². The van der Waals surface area contributed by atoms with Crippen LogP contribution in [0, 0.1) is 11.8 Å². The molecule has 0 bridgehead atoms. The highest BCUT2D eigenvalue weighted by atomic mass is 16.5. The molecule has 1 atom stereocenters. The van der Waals surface area contributed by atoms with Gasteiger partial charge in [0.2, 0.25) is 0 Å². The number of hydrogen-bond donors (Lipinski definition) is 1. The molecule has 1 aliphatic heterocycles. The molecule has 0 aromatic heterocycles. The Balaban J connectivity index is 1.87. The van der Waals surface area contributed by atoms with E-state index in [0.29, 0.717) is 5.92 Å². The number of benzene rings is 1. The SMILES string of the molecule is CC#CCCNCC1CCOc2ccccc21. The second kappa shape index (κ2) is 6.32. The minimum atomic E-state index is 0.578. The van der Waals surface area contributed by atoms with Crippen molar-refractivity contribution in [3.8, 4) is 17.6 Å². The minimum absolute atomic E-state index is 0.578. The first-order valence-electron chi connectivity index (χ1n) is 6.24. The summed E-state index contributed by atoms with van der Waals surface area (Å²) in [4.78, 5) is 0. The van der Waals surface area contributed by atoms with Gasteiger partial charge in [0.1, 0.15) is 5.75 Å². The topological polar surface area (TPSA) is 21.3 Å². The van der Waals surface area contributed by atoms with Gasteiger partial charge in [-0.25, -0.2) is 0 Å². The highest BCUT2D eigenvalue weighted by Crippen LogP contribution is 2.32. The lowest BCUT2D eigenvalue weighted by Gasteiger charge is -2.26. The van der Waals surface area contributed by atoms with Crippen LogP contribution in [0.4, 0.5) is 0 Å². The predicted octanol–water partition coefficient (Wildman–Crippen LogP) is 2.56. The predicted molar refractivity (Wildman–Crippen MR) is 70.2 cm³/mol. The van der Waals surface area contributed by atoms with Gasteiger partial charge in [0.15, 0.2) is 0 Å². The first-order chi connectivity index (χ1) is 8.42. The van der Waals surface area contributed by atoms with Crippen molar-refractivity contribution < 1.29 is 4.74 Å². The van der Waals surface area contributed by atoms with Gasteiger partial charge in [0, 0.05) is 25.4 Å². The molecule has 0 spiro atoms. The van der Waals surface area contributed by atoms with Crippen molar-refractivity contribution in [2.24, 2.45) is 0 Å². The van der Waals surface area contributed by atoms with Crippen LogP contribution in [0.5, 0.6) is 5.75 Å². The molecule has 1 aliphatic rings. The van der Waals surface area contributed by atoms with Gasteiger partial charge >= 0.3 is 0 Å². The Hall–Kier alpha value is -1.46. The van der Waals surface area contributed by atoms with E-state index in [1.807, 2.05) is 13.0 Å². The van der Waals surface area contributed by atoms with Crippen LogP contribution in [0.3, 0.4) is 0 Å². The Labute approximate surface area is 103 Å². The second-order valence-electron chi connectivity index (χ2n) is 4.25. The third-order valence-corrected chi connectivity index (χ3v) is 3.08. The van der Waals surface area contributed by atoms with Gasteiger partial charge in [-0.1, -0.05) is 18.2 Å². The van der Waals surface area contributed by atoms with Crippen molar-refractivity contribution in [2.45, 2.75) is 25.7 Å². The van der Waals surface area contributed by atoms with E-state index in [4.69, 9.17) is 4.74 Å². The molecule has 0 amide bonds. The van der Waals surface area contributed by atoms with Crippen LogP contribution in [-0.4, -0.2) is 19.7 Å². The third-order valence-electron chi connectivity index (χ3n) is 3.08. The maximum Gasteiger partial charge on any atom is 0.122 e. The quantitative estimate of drug-likeness (QED) is 0.633. The van der Waals surface area contributed by atoms with Gasteiger partial charge in [-0.15, -0.1) is 11.8 Å². The fourth-order valence-electron chi connectivity index (χ4n) is 2.18. The van der Waals surface area contributed by atoms with Crippen LogP contribution in [-0.2, 0) is 0 Å². The lowest BCUT2D eigenvalue weighted by atomic mass is 9.93. The Morgan fingerprint density at radius 2 is 2.29 bits per heavy atom. The molecule has 1 aromatic rings. The van der Waals surface area contributed by atoms with Crippen LogP contribution in [0.2, 0.25) is 0 Å². The van der Waals surface area contributed by atoms with Gasteiger partial charge in [-0.3, -0.25) is 0 Å². The third kappa shape index (κ3) is 3.25. The Bertz CT molecular complexity index is 416. The fraction of sp³-hybridized carbons (Fsp3) is 0.467. The molecule has 2 nitrogen and oxygen atoms in total. The number of fused-ring (bicyclic) bond motifs is 1. The Kier molecular flexibility index (Phi) is 4.46. The normalized spacial score (nSPS) is 17.6. The minimum Gasteiger partial charge on any atom is -0.493 e. The fourth-order valence-corrected chi connectivity index (χ4v) is 2.18. The molecule has 1 N–H and O–H groups in total. The zero-order valence-corrected chi connectivity index (χ0v) is 10.3. The molecular formula is C15H19NO. The van der Waals surface area contributed by atoms with E-state index in [-0.39, 0.29) is 0 Å². The molecule has 0 aliphatic carbocycles. The summed E-state index contributed by atoms with van der Waals surface area (Å²) in [6, 6.07) is 8.35. The molecule has 1 aromatic carbocycles. The van der Waals surface area contributed by atoms with Gasteiger partial charge in [-0.2, -0.15) is 0 Å². The molecule has 0 radical (unpaired) electrons. The number of rotatable bonds is 4. The van der Waals surface area contributed by atoms with E-state index < -0.39 is 0 Å². The average molecular weight is 229 g/mol. The van der Waals surface area contributed by atoms with E-state index in [1.165, 1.54) is 5.56 Å². The first kappa shape index (κ1) is 12.0. The van der Waals surface area contributed by atoms with Crippen LogP contribution in [0.15, 0.2) is 24.3 Å². The summed E-state index contributed by atoms with van der Waals surface area (Å²) in [7, 11) is 0. The number of para-hydroxylation sites is 1. The molecular weight excluding hydrogens is 210 g/mol. The molecule has 1 heterocycles. The Morgan fingerprint density at radius 1 is 1.41 bits per heavy atom. The van der Waals surface area contributed by atoms with Crippen molar-refractivity contribution in [1.29, 1.82) is 0 Å². The standard InChI is InChI=1S/C15H19NO/c1-2-3-6-10-16-12-13-9-11-17-15-8-5-4-7-14(13)15/h4-5,7-8,13,16H,6,9-12H2,1H3. The molecule has 1 unspecified atom stereocenters. The van der Waals surface area contributed by atoms with Gasteiger partial charge in [-0.05, 0) is 25.0 Å². The second-order valence-corrected chi connectivity index (χ2v) is 4.25. The van der Waals surface area contributed by atoms with Gasteiger partial charge in [0.25, 0.3) is 0 Å². The molecule has 0 saturated carbocycles. The lowest BCUT2D eigenvalue weighted by Crippen LogP contribution is -2.26. The van der Waals surface area contributed by atoms with Crippen molar-refractivity contribution in [3.63, 3.8) is 0 Å². The van der Waals surface area contributed by atoms with Crippen molar-refractivity contribution >= 4 is 0 Å². The molecule has 0 saturated heterocycles. The van der Waals surface area contributed by atoms with Crippen LogP contribution in [0.1, 0.15) is 31.2 Å². The molecule has 0 fully saturated rings. The lowest BCUT2D eigenvalue weighted by molar-refractivity contribution is 0.265. The molecule has 90 valence electrons. The van der Waals surface area contributed by atoms with E-state index in [2.05, 4.69) is 35.4 Å². The maximum absolute atomic E-state index is 5.65. The number of nitrogens with one attached hydrogen (secondary N) is 1. The van der Waals surface area contributed by atoms with Gasteiger partial charge in [0.05, 0.1) is 6.61 Å². The summed E-state index contributed by atoms with van der Waals surface area (Å²) in [6.07, 6.45) is 2.03. The van der Waals surface area contributed by atoms with Crippen molar-refractivity contribution in [2.75, 3.05) is 19.7 Å². The van der Waals surface area contributed by atoms with Crippen LogP contribution >= 0.6 is 0 Å². The Morgan fingerprint density at radius 3 is 3.18 bits per heavy atom. The van der Waals surface area contributed by atoms with Gasteiger partial charge < -0.3 is 10.1 Å². The molecule has 2 rings (SSSR count). The maximum atomic E-state index is 5.65. The average Bonchev–Trinajstić information content (AvgIpc) is 2.39. The van der Waals surface area contributed by atoms with Crippen molar-refractivity contribution in [1.82, 2.24) is 5.32 Å². The summed E-state index contributed by atoms with van der Waals surface area (Å²) in [6.45, 7) is 4.71. The highest BCUT2D eigenvalue weighted by Gasteiger charge is 2.20. The van der Waals surface area contributed by atoms with Crippen LogP contribution < -0.4 is 10.1 Å². The summed E-state index contributed by atoms with van der Waals surface area (Å²) in [5, 5.41) is 3.47. The smallest absolute Gasteiger partial charge is 0.122 e. The van der Waals surface area contributed by atoms with Crippen LogP contribution in [0.25, 0.3) is 0 Å². The molecule has 2 heteroatoms. The molecule has 17 heavy (non-hydrogen) atoms. The van der Waals surface area contributed by atoms with E-state index in [1.54, 1.807) is 0 Å². The summed E-state index contributed by atoms with van der Waals surface area (Å²) < 4.78 is 5.65. The van der Waals surface area contributed by atoms with E-state index in [0.717, 1.165) is 38.3 Å². The summed E-state index contributed by atoms with van der Waals surface area (Å²) in [5.74, 6) is 7.61. The largest absolute Gasteiger partial charge is 0.493 e. The monoisotopic (exact) mass is 229 g/mol. The number of ether oxygens (including phenoxy) is 1. The highest BCUT2D eigenvalue weighted by molar-refractivity contribution is 5.37. The number of hydrogen-bond acceptors (Lipinski definition) is 2. The van der Waals surface area contributed by atoms with E-state index >= 15 is 0 Å².